The summed E-state index contributed by atoms with van der Waals surface area (Å²) in [5.74, 6) is 1.94. The number of hydrogen-bond donors (Lipinski definition) is 0. The SMILES string of the molecule is CCSC(Oc1ccc(C)cc1)=[N+](CC)CC.F[B-](F)(F)F. The number of nitrogens with zero attached hydrogens (tertiary/aromatic N) is 1. The summed E-state index contributed by atoms with van der Waals surface area (Å²) in [7, 11) is -6.00. The van der Waals surface area contributed by atoms with Crippen molar-refractivity contribution in [1.29, 1.82) is 0 Å². The van der Waals surface area contributed by atoms with Crippen molar-refractivity contribution in [2.45, 2.75) is 27.7 Å². The van der Waals surface area contributed by atoms with Gasteiger partial charge in [0, 0.05) is 5.75 Å². The van der Waals surface area contributed by atoms with Gasteiger partial charge in [0.15, 0.2) is 0 Å². The van der Waals surface area contributed by atoms with Crippen LogP contribution in [0.3, 0.4) is 0 Å². The fraction of sp³-hybridized carbons (Fsp3) is 0.500. The summed E-state index contributed by atoms with van der Waals surface area (Å²) in [6.07, 6.45) is 0. The summed E-state index contributed by atoms with van der Waals surface area (Å²) in [5, 5.41) is 1.00. The lowest BCUT2D eigenvalue weighted by molar-refractivity contribution is -0.524. The van der Waals surface area contributed by atoms with Crippen molar-refractivity contribution in [1.82, 2.24) is 0 Å². The van der Waals surface area contributed by atoms with Gasteiger partial charge < -0.3 is 22.0 Å². The predicted molar refractivity (Wildman–Crippen MR) is 86.5 cm³/mol. The fourth-order valence-electron chi connectivity index (χ4n) is 1.50. The molecule has 0 aromatic heterocycles. The van der Waals surface area contributed by atoms with Gasteiger partial charge in [0.2, 0.25) is 0 Å². The Morgan fingerprint density at radius 2 is 1.50 bits per heavy atom. The molecule has 0 saturated carbocycles. The van der Waals surface area contributed by atoms with Crippen LogP contribution < -0.4 is 4.74 Å². The molecule has 0 saturated heterocycles. The second kappa shape index (κ2) is 10.5. The Morgan fingerprint density at radius 1 is 1.05 bits per heavy atom. The molecule has 2 nitrogen and oxygen atoms in total. The molecule has 0 amide bonds. The highest BCUT2D eigenvalue weighted by Gasteiger charge is 2.20. The zero-order valence-electron chi connectivity index (χ0n) is 13.3. The second-order valence-electron chi connectivity index (χ2n) is 4.28. The van der Waals surface area contributed by atoms with Gasteiger partial charge in [0.25, 0.3) is 0 Å². The molecule has 0 radical (unpaired) electrons. The van der Waals surface area contributed by atoms with Crippen molar-refractivity contribution in [3.63, 3.8) is 0 Å². The molecule has 0 spiro atoms. The third-order valence-corrected chi connectivity index (χ3v) is 3.39. The summed E-state index contributed by atoms with van der Waals surface area (Å²) < 4.78 is 47.2. The molecular formula is C14H22BF4NOS. The zero-order valence-corrected chi connectivity index (χ0v) is 14.1. The van der Waals surface area contributed by atoms with E-state index in [2.05, 4.69) is 44.4 Å². The van der Waals surface area contributed by atoms with E-state index in [4.69, 9.17) is 4.74 Å². The minimum absolute atomic E-state index is 0.915. The molecule has 0 unspecified atom stereocenters. The monoisotopic (exact) mass is 339 g/mol. The summed E-state index contributed by atoms with van der Waals surface area (Å²) in [6, 6.07) is 8.20. The maximum atomic E-state index is 9.75. The molecule has 0 atom stereocenters. The van der Waals surface area contributed by atoms with Crippen molar-refractivity contribution >= 4 is 24.2 Å². The lowest BCUT2D eigenvalue weighted by atomic mass is 10.2. The first-order valence-electron chi connectivity index (χ1n) is 7.07. The third-order valence-electron chi connectivity index (χ3n) is 2.52. The van der Waals surface area contributed by atoms with Crippen LogP contribution in [-0.4, -0.2) is 35.9 Å². The number of benzene rings is 1. The standard InChI is InChI=1S/C14H22NOS.BF4/c1-5-15(6-2)14(17-7-3)16-13-10-8-12(4)9-11-13;2-1(3,4)5/h8-11H,5-7H2,1-4H3;/q+1;-1. The van der Waals surface area contributed by atoms with Gasteiger partial charge in [-0.15, -0.1) is 0 Å². The topological polar surface area (TPSA) is 12.2 Å². The summed E-state index contributed by atoms with van der Waals surface area (Å²) in [4.78, 5) is 0. The van der Waals surface area contributed by atoms with Gasteiger partial charge >= 0.3 is 12.5 Å². The molecule has 1 rings (SSSR count). The fourth-order valence-corrected chi connectivity index (χ4v) is 2.34. The number of ether oxygens (including phenoxy) is 1. The minimum atomic E-state index is -6.00. The van der Waals surface area contributed by atoms with Gasteiger partial charge in [0.1, 0.15) is 18.8 Å². The van der Waals surface area contributed by atoms with Gasteiger partial charge in [-0.2, -0.15) is 4.58 Å². The van der Waals surface area contributed by atoms with E-state index in [0.29, 0.717) is 0 Å². The number of rotatable bonds is 4. The first-order chi connectivity index (χ1) is 10.2. The van der Waals surface area contributed by atoms with Gasteiger partial charge in [-0.05, 0) is 44.7 Å². The number of thioether (sulfide) groups is 1. The first kappa shape index (κ1) is 20.8. The molecule has 0 aliphatic carbocycles. The van der Waals surface area contributed by atoms with E-state index in [1.165, 1.54) is 5.56 Å². The van der Waals surface area contributed by atoms with Crippen molar-refractivity contribution in [2.24, 2.45) is 0 Å². The number of halogens is 4. The Hall–Kier alpha value is -1.18. The van der Waals surface area contributed by atoms with Crippen LogP contribution in [0.25, 0.3) is 0 Å². The van der Waals surface area contributed by atoms with E-state index < -0.39 is 7.25 Å². The zero-order chi connectivity index (χ0) is 17.2. The van der Waals surface area contributed by atoms with Crippen LogP contribution in [0.15, 0.2) is 24.3 Å². The van der Waals surface area contributed by atoms with E-state index in [1.807, 2.05) is 12.1 Å². The van der Waals surface area contributed by atoms with E-state index in [0.717, 1.165) is 29.8 Å². The molecule has 126 valence electrons. The third kappa shape index (κ3) is 10.5. The van der Waals surface area contributed by atoms with Crippen LogP contribution in [-0.2, 0) is 0 Å². The Labute approximate surface area is 133 Å². The maximum absolute atomic E-state index is 9.75. The lowest BCUT2D eigenvalue weighted by Gasteiger charge is -2.07. The van der Waals surface area contributed by atoms with Crippen molar-refractivity contribution in [3.8, 4) is 5.75 Å². The minimum Gasteiger partial charge on any atom is -0.418 e. The molecule has 0 aliphatic heterocycles. The van der Waals surface area contributed by atoms with Crippen LogP contribution >= 0.6 is 11.8 Å². The maximum Gasteiger partial charge on any atom is 0.673 e. The largest absolute Gasteiger partial charge is 0.673 e. The second-order valence-corrected chi connectivity index (χ2v) is 5.50. The van der Waals surface area contributed by atoms with Gasteiger partial charge in [-0.1, -0.05) is 24.6 Å². The Kier molecular flexibility index (Phi) is 9.97. The Morgan fingerprint density at radius 3 is 1.86 bits per heavy atom. The van der Waals surface area contributed by atoms with Crippen LogP contribution in [0, 0.1) is 6.92 Å². The van der Waals surface area contributed by atoms with E-state index >= 15 is 0 Å². The van der Waals surface area contributed by atoms with Gasteiger partial charge in [-0.25, -0.2) is 0 Å². The smallest absolute Gasteiger partial charge is 0.418 e. The number of aryl methyl sites for hydroxylation is 1. The lowest BCUT2D eigenvalue weighted by Crippen LogP contribution is -2.23. The van der Waals surface area contributed by atoms with Gasteiger partial charge in [-0.3, -0.25) is 0 Å². The molecule has 0 aliphatic rings. The van der Waals surface area contributed by atoms with Crippen LogP contribution in [0.2, 0.25) is 0 Å². The molecule has 22 heavy (non-hydrogen) atoms. The van der Waals surface area contributed by atoms with Crippen LogP contribution in [0.5, 0.6) is 5.75 Å². The quantitative estimate of drug-likeness (QED) is 0.256. The average molecular weight is 339 g/mol. The molecule has 1 aromatic carbocycles. The van der Waals surface area contributed by atoms with Crippen molar-refractivity contribution in [2.75, 3.05) is 18.8 Å². The molecule has 1 aromatic rings. The van der Waals surface area contributed by atoms with Gasteiger partial charge in [0.05, 0.1) is 0 Å². The Balaban J connectivity index is 0.000000763. The summed E-state index contributed by atoms with van der Waals surface area (Å²) >= 11 is 1.75. The number of hydrogen-bond acceptors (Lipinski definition) is 2. The molecule has 0 fully saturated rings. The first-order valence-corrected chi connectivity index (χ1v) is 8.06. The van der Waals surface area contributed by atoms with Crippen LogP contribution in [0.4, 0.5) is 17.3 Å². The van der Waals surface area contributed by atoms with Crippen molar-refractivity contribution < 1.29 is 26.6 Å². The predicted octanol–water partition coefficient (Wildman–Crippen LogP) is 4.84. The molecule has 8 heteroatoms. The summed E-state index contributed by atoms with van der Waals surface area (Å²) in [5.41, 5.74) is 1.25. The van der Waals surface area contributed by atoms with E-state index in [1.54, 1.807) is 11.8 Å². The van der Waals surface area contributed by atoms with Crippen molar-refractivity contribution in [3.05, 3.63) is 29.8 Å². The Bertz CT molecular complexity index is 451. The van der Waals surface area contributed by atoms with E-state index in [9.17, 15) is 17.3 Å². The van der Waals surface area contributed by atoms with Crippen LogP contribution in [0.1, 0.15) is 26.3 Å². The average Bonchev–Trinajstić information content (AvgIpc) is 2.41. The molecule has 0 N–H and O–H groups in total. The molecule has 0 bridgehead atoms. The summed E-state index contributed by atoms with van der Waals surface area (Å²) in [6.45, 7) is 10.5. The normalized spacial score (nSPS) is 10.5. The molecular weight excluding hydrogens is 317 g/mol. The van der Waals surface area contributed by atoms with E-state index in [-0.39, 0.29) is 0 Å². The molecule has 0 heterocycles. The highest BCUT2D eigenvalue weighted by molar-refractivity contribution is 8.13. The highest BCUT2D eigenvalue weighted by Crippen LogP contribution is 2.15. The highest BCUT2D eigenvalue weighted by atomic mass is 32.2.